The van der Waals surface area contributed by atoms with Gasteiger partial charge in [0.05, 0.1) is 0 Å². The lowest BCUT2D eigenvalue weighted by Crippen LogP contribution is -2.47. The molecular formula is C23H26N4O3. The zero-order valence-corrected chi connectivity index (χ0v) is 16.8. The van der Waals surface area contributed by atoms with E-state index in [1.807, 2.05) is 54.6 Å². The standard InChI is InChI=1S/C23H26N4O3/c28-21(17-10-11-17)25-19-12-8-16(9-13-19)15-24-23(30)27-14-4-7-20(27)22(29)26-18-5-2-1-3-6-18/h1-3,5-6,8-9,12-13,17,20H,4,7,10-11,14-15H2,(H,24,30)(H,25,28)(H,26,29). The van der Waals surface area contributed by atoms with Gasteiger partial charge < -0.3 is 20.9 Å². The Hall–Kier alpha value is -3.35. The van der Waals surface area contributed by atoms with Crippen LogP contribution in [-0.4, -0.2) is 35.3 Å². The molecule has 1 heterocycles. The number of urea groups is 1. The first kappa shape index (κ1) is 19.9. The van der Waals surface area contributed by atoms with E-state index in [1.165, 1.54) is 0 Å². The predicted molar refractivity (Wildman–Crippen MR) is 115 cm³/mol. The van der Waals surface area contributed by atoms with Crippen LogP contribution >= 0.6 is 0 Å². The van der Waals surface area contributed by atoms with Crippen molar-refractivity contribution in [1.82, 2.24) is 10.2 Å². The summed E-state index contributed by atoms with van der Waals surface area (Å²) in [5.74, 6) is 0.0750. The van der Waals surface area contributed by atoms with Gasteiger partial charge in [0.2, 0.25) is 11.8 Å². The van der Waals surface area contributed by atoms with Gasteiger partial charge in [0.15, 0.2) is 0 Å². The number of carbonyl (C=O) groups excluding carboxylic acids is 3. The normalized spacial score (nSPS) is 18.0. The van der Waals surface area contributed by atoms with E-state index in [1.54, 1.807) is 4.90 Å². The van der Waals surface area contributed by atoms with Gasteiger partial charge >= 0.3 is 6.03 Å². The van der Waals surface area contributed by atoms with Crippen LogP contribution in [-0.2, 0) is 16.1 Å². The van der Waals surface area contributed by atoms with Crippen LogP contribution in [0.2, 0.25) is 0 Å². The molecule has 2 aliphatic rings. The lowest BCUT2D eigenvalue weighted by molar-refractivity contribution is -0.119. The van der Waals surface area contributed by atoms with E-state index >= 15 is 0 Å². The van der Waals surface area contributed by atoms with Gasteiger partial charge in [-0.05, 0) is 55.5 Å². The van der Waals surface area contributed by atoms with E-state index < -0.39 is 6.04 Å². The second kappa shape index (κ2) is 8.98. The largest absolute Gasteiger partial charge is 0.334 e. The number of amides is 4. The van der Waals surface area contributed by atoms with Crippen LogP contribution in [0.5, 0.6) is 0 Å². The van der Waals surface area contributed by atoms with Crippen molar-refractivity contribution >= 4 is 29.2 Å². The summed E-state index contributed by atoms with van der Waals surface area (Å²) in [4.78, 5) is 38.7. The highest BCUT2D eigenvalue weighted by molar-refractivity contribution is 5.97. The maximum absolute atomic E-state index is 12.7. The van der Waals surface area contributed by atoms with Gasteiger partial charge in [0.25, 0.3) is 0 Å². The highest BCUT2D eigenvalue weighted by atomic mass is 16.2. The van der Waals surface area contributed by atoms with Crippen molar-refractivity contribution in [3.63, 3.8) is 0 Å². The SMILES string of the molecule is O=C(Nc1ccc(CNC(=O)N2CCCC2C(=O)Nc2ccccc2)cc1)C1CC1. The van der Waals surface area contributed by atoms with E-state index in [0.717, 1.165) is 36.2 Å². The molecule has 0 aromatic heterocycles. The Bertz CT molecular complexity index is 910. The van der Waals surface area contributed by atoms with E-state index in [2.05, 4.69) is 16.0 Å². The second-order valence-electron chi connectivity index (χ2n) is 7.83. The van der Waals surface area contributed by atoms with Crippen LogP contribution in [0.3, 0.4) is 0 Å². The summed E-state index contributed by atoms with van der Waals surface area (Å²) in [5.41, 5.74) is 2.42. The Morgan fingerprint density at radius 2 is 1.50 bits per heavy atom. The first-order valence-corrected chi connectivity index (χ1v) is 10.4. The van der Waals surface area contributed by atoms with Crippen molar-refractivity contribution in [3.05, 3.63) is 60.2 Å². The summed E-state index contributed by atoms with van der Waals surface area (Å²) in [6.07, 6.45) is 3.39. The first-order chi connectivity index (χ1) is 14.6. The third-order valence-corrected chi connectivity index (χ3v) is 5.47. The molecule has 1 atom stereocenters. The maximum Gasteiger partial charge on any atom is 0.318 e. The summed E-state index contributed by atoms with van der Waals surface area (Å²) in [7, 11) is 0. The minimum Gasteiger partial charge on any atom is -0.334 e. The fourth-order valence-electron chi connectivity index (χ4n) is 3.60. The molecular weight excluding hydrogens is 380 g/mol. The van der Waals surface area contributed by atoms with Gasteiger partial charge in [0.1, 0.15) is 6.04 Å². The first-order valence-electron chi connectivity index (χ1n) is 10.4. The van der Waals surface area contributed by atoms with Gasteiger partial charge in [-0.1, -0.05) is 30.3 Å². The Balaban J connectivity index is 1.28. The lowest BCUT2D eigenvalue weighted by atomic mass is 10.2. The zero-order valence-electron chi connectivity index (χ0n) is 16.8. The molecule has 0 bridgehead atoms. The Labute approximate surface area is 175 Å². The third-order valence-electron chi connectivity index (χ3n) is 5.47. The Morgan fingerprint density at radius 1 is 0.833 bits per heavy atom. The number of likely N-dealkylation sites (tertiary alicyclic amines) is 1. The van der Waals surface area contributed by atoms with Gasteiger partial charge in [-0.3, -0.25) is 9.59 Å². The molecule has 1 aliphatic carbocycles. The maximum atomic E-state index is 12.7. The van der Waals surface area contributed by atoms with Crippen molar-refractivity contribution in [2.45, 2.75) is 38.3 Å². The van der Waals surface area contributed by atoms with Crippen LogP contribution < -0.4 is 16.0 Å². The van der Waals surface area contributed by atoms with Crippen LogP contribution in [0.25, 0.3) is 0 Å². The molecule has 7 heteroatoms. The average Bonchev–Trinajstić information content (AvgIpc) is 3.50. The quantitative estimate of drug-likeness (QED) is 0.687. The molecule has 156 valence electrons. The minimum absolute atomic E-state index is 0.0740. The molecule has 3 N–H and O–H groups in total. The number of nitrogens with one attached hydrogen (secondary N) is 3. The number of rotatable bonds is 6. The molecule has 1 aliphatic heterocycles. The summed E-state index contributed by atoms with van der Waals surface area (Å²) in [6.45, 7) is 0.921. The van der Waals surface area contributed by atoms with Crippen molar-refractivity contribution in [3.8, 4) is 0 Å². The Kier molecular flexibility index (Phi) is 5.97. The molecule has 0 radical (unpaired) electrons. The summed E-state index contributed by atoms with van der Waals surface area (Å²) in [5, 5.41) is 8.68. The summed E-state index contributed by atoms with van der Waals surface area (Å²) >= 11 is 0. The van der Waals surface area contributed by atoms with Crippen molar-refractivity contribution < 1.29 is 14.4 Å². The van der Waals surface area contributed by atoms with Gasteiger partial charge in [-0.15, -0.1) is 0 Å². The van der Waals surface area contributed by atoms with Crippen molar-refractivity contribution in [2.75, 3.05) is 17.2 Å². The number of anilines is 2. The molecule has 1 saturated heterocycles. The minimum atomic E-state index is -0.467. The number of hydrogen-bond donors (Lipinski definition) is 3. The average molecular weight is 406 g/mol. The number of carbonyl (C=O) groups is 3. The van der Waals surface area contributed by atoms with E-state index in [9.17, 15) is 14.4 Å². The number of benzene rings is 2. The molecule has 2 aromatic rings. The lowest BCUT2D eigenvalue weighted by Gasteiger charge is -2.24. The molecule has 2 fully saturated rings. The van der Waals surface area contributed by atoms with Gasteiger partial charge in [0, 0.05) is 30.4 Å². The van der Waals surface area contributed by atoms with Crippen molar-refractivity contribution in [1.29, 1.82) is 0 Å². The Morgan fingerprint density at radius 3 is 2.20 bits per heavy atom. The molecule has 4 rings (SSSR count). The second-order valence-corrected chi connectivity index (χ2v) is 7.83. The van der Waals surface area contributed by atoms with Gasteiger partial charge in [-0.2, -0.15) is 0 Å². The molecule has 1 saturated carbocycles. The molecule has 0 spiro atoms. The van der Waals surface area contributed by atoms with Crippen molar-refractivity contribution in [2.24, 2.45) is 5.92 Å². The van der Waals surface area contributed by atoms with E-state index in [0.29, 0.717) is 19.5 Å². The molecule has 2 aromatic carbocycles. The summed E-state index contributed by atoms with van der Waals surface area (Å²) < 4.78 is 0. The molecule has 4 amide bonds. The van der Waals surface area contributed by atoms with Crippen LogP contribution in [0.1, 0.15) is 31.2 Å². The summed E-state index contributed by atoms with van der Waals surface area (Å²) in [6, 6.07) is 16.0. The number of para-hydroxylation sites is 1. The van der Waals surface area contributed by atoms with Crippen LogP contribution in [0.15, 0.2) is 54.6 Å². The topological polar surface area (TPSA) is 90.5 Å². The van der Waals surface area contributed by atoms with Gasteiger partial charge in [-0.25, -0.2) is 4.79 Å². The smallest absolute Gasteiger partial charge is 0.318 e. The van der Waals surface area contributed by atoms with Crippen LogP contribution in [0.4, 0.5) is 16.2 Å². The molecule has 1 unspecified atom stereocenters. The zero-order chi connectivity index (χ0) is 20.9. The third kappa shape index (κ3) is 4.97. The fourth-order valence-corrected chi connectivity index (χ4v) is 3.60. The number of nitrogens with zero attached hydrogens (tertiary/aromatic N) is 1. The number of hydrogen-bond acceptors (Lipinski definition) is 3. The van der Waals surface area contributed by atoms with E-state index in [-0.39, 0.29) is 23.8 Å². The predicted octanol–water partition coefficient (Wildman–Crippen LogP) is 3.35. The van der Waals surface area contributed by atoms with Crippen LogP contribution in [0, 0.1) is 5.92 Å². The van der Waals surface area contributed by atoms with E-state index in [4.69, 9.17) is 0 Å². The highest BCUT2D eigenvalue weighted by Crippen LogP contribution is 2.30. The highest BCUT2D eigenvalue weighted by Gasteiger charge is 2.34. The monoisotopic (exact) mass is 406 g/mol. The fraction of sp³-hybridized carbons (Fsp3) is 0.348. The molecule has 30 heavy (non-hydrogen) atoms. The molecule has 7 nitrogen and oxygen atoms in total.